The van der Waals surface area contributed by atoms with Crippen LogP contribution in [0.3, 0.4) is 0 Å². The zero-order valence-electron chi connectivity index (χ0n) is 9.17. The molecule has 1 nitrogen and oxygen atoms in total. The zero-order valence-corrected chi connectivity index (χ0v) is 9.17. The van der Waals surface area contributed by atoms with E-state index in [2.05, 4.69) is 0 Å². The molecule has 0 atom stereocenters. The normalized spacial score (nSPS) is 10.0. The van der Waals surface area contributed by atoms with Gasteiger partial charge in [0.2, 0.25) is 0 Å². The Morgan fingerprint density at radius 1 is 0.941 bits per heavy atom. The zero-order chi connectivity index (χ0) is 12.4. The van der Waals surface area contributed by atoms with Gasteiger partial charge < -0.3 is 0 Å². The lowest BCUT2D eigenvalue weighted by atomic mass is 10.0. The lowest BCUT2D eigenvalue weighted by Gasteiger charge is -2.06. The summed E-state index contributed by atoms with van der Waals surface area (Å²) in [4.78, 5) is 0. The van der Waals surface area contributed by atoms with Crippen molar-refractivity contribution >= 4 is 0 Å². The molecule has 0 aliphatic carbocycles. The average Bonchev–Trinajstić information content (AvgIpc) is 2.30. The molecule has 0 saturated carbocycles. The van der Waals surface area contributed by atoms with Crippen molar-refractivity contribution < 1.29 is 8.78 Å². The first kappa shape index (κ1) is 11.3. The van der Waals surface area contributed by atoms with Crippen molar-refractivity contribution in [3.8, 4) is 17.2 Å². The molecule has 84 valence electrons. The molecule has 3 heteroatoms. The van der Waals surface area contributed by atoms with Crippen molar-refractivity contribution in [3.05, 3.63) is 59.2 Å². The molecule has 0 N–H and O–H groups in total. The van der Waals surface area contributed by atoms with E-state index in [1.165, 1.54) is 30.3 Å². The number of hydrogen-bond acceptors (Lipinski definition) is 1. The van der Waals surface area contributed by atoms with Gasteiger partial charge in [0, 0.05) is 11.1 Å². The van der Waals surface area contributed by atoms with Crippen molar-refractivity contribution in [2.24, 2.45) is 0 Å². The number of aryl methyl sites for hydroxylation is 1. The molecular weight excluding hydrogens is 220 g/mol. The van der Waals surface area contributed by atoms with Gasteiger partial charge in [0.15, 0.2) is 0 Å². The monoisotopic (exact) mass is 229 g/mol. The number of hydrogen-bond donors (Lipinski definition) is 0. The summed E-state index contributed by atoms with van der Waals surface area (Å²) < 4.78 is 27.3. The summed E-state index contributed by atoms with van der Waals surface area (Å²) in [6, 6.07) is 10.4. The first-order valence-electron chi connectivity index (χ1n) is 5.08. The van der Waals surface area contributed by atoms with E-state index in [1.54, 1.807) is 13.0 Å². The predicted octanol–water partition coefficient (Wildman–Crippen LogP) is 3.81. The first-order valence-corrected chi connectivity index (χ1v) is 5.08. The van der Waals surface area contributed by atoms with Crippen molar-refractivity contribution in [2.45, 2.75) is 6.92 Å². The summed E-state index contributed by atoms with van der Waals surface area (Å²) in [6.45, 7) is 1.76. The molecule has 0 amide bonds. The second-order valence-electron chi connectivity index (χ2n) is 3.79. The van der Waals surface area contributed by atoms with Crippen LogP contribution in [0.2, 0.25) is 0 Å². The third kappa shape index (κ3) is 2.16. The lowest BCUT2D eigenvalue weighted by Crippen LogP contribution is -1.90. The SMILES string of the molecule is Cc1ccc(-c2cc(C#N)ccc2F)c(F)c1. The van der Waals surface area contributed by atoms with Crippen LogP contribution in [0.1, 0.15) is 11.1 Å². The van der Waals surface area contributed by atoms with E-state index < -0.39 is 11.6 Å². The quantitative estimate of drug-likeness (QED) is 0.729. The molecule has 0 fully saturated rings. The van der Waals surface area contributed by atoms with Gasteiger partial charge in [-0.25, -0.2) is 8.78 Å². The summed E-state index contributed by atoms with van der Waals surface area (Å²) in [6.07, 6.45) is 0. The van der Waals surface area contributed by atoms with E-state index in [0.29, 0.717) is 5.56 Å². The molecule has 0 spiro atoms. The fourth-order valence-corrected chi connectivity index (χ4v) is 1.64. The first-order chi connectivity index (χ1) is 8.11. The van der Waals surface area contributed by atoms with Crippen LogP contribution in [-0.2, 0) is 0 Å². The maximum atomic E-state index is 13.7. The third-order valence-corrected chi connectivity index (χ3v) is 2.51. The fraction of sp³-hybridized carbons (Fsp3) is 0.0714. The number of nitrogens with zero attached hydrogens (tertiary/aromatic N) is 1. The van der Waals surface area contributed by atoms with Gasteiger partial charge in [-0.1, -0.05) is 12.1 Å². The van der Waals surface area contributed by atoms with Gasteiger partial charge in [-0.2, -0.15) is 5.26 Å². The fourth-order valence-electron chi connectivity index (χ4n) is 1.64. The Balaban J connectivity index is 2.64. The van der Waals surface area contributed by atoms with Crippen LogP contribution in [0, 0.1) is 29.9 Å². The Bertz CT molecular complexity index is 612. The minimum Gasteiger partial charge on any atom is -0.206 e. The Hall–Kier alpha value is -2.21. The van der Waals surface area contributed by atoms with Crippen LogP contribution in [0.5, 0.6) is 0 Å². The second-order valence-corrected chi connectivity index (χ2v) is 3.79. The standard InChI is InChI=1S/C14H9F2N/c1-9-2-4-11(14(16)6-9)12-7-10(8-17)3-5-13(12)15/h2-7H,1H3. The third-order valence-electron chi connectivity index (χ3n) is 2.51. The van der Waals surface area contributed by atoms with E-state index in [4.69, 9.17) is 5.26 Å². The highest BCUT2D eigenvalue weighted by Crippen LogP contribution is 2.27. The van der Waals surface area contributed by atoms with Gasteiger partial charge in [-0.3, -0.25) is 0 Å². The van der Waals surface area contributed by atoms with Gasteiger partial charge in [-0.15, -0.1) is 0 Å². The molecule has 0 aliphatic rings. The maximum absolute atomic E-state index is 13.7. The Labute approximate surface area is 97.9 Å². The number of rotatable bonds is 1. The molecule has 2 aromatic carbocycles. The molecule has 0 unspecified atom stereocenters. The highest BCUT2D eigenvalue weighted by atomic mass is 19.1. The van der Waals surface area contributed by atoms with Gasteiger partial charge in [0.25, 0.3) is 0 Å². The van der Waals surface area contributed by atoms with E-state index in [0.717, 1.165) is 5.56 Å². The molecule has 0 aliphatic heterocycles. The largest absolute Gasteiger partial charge is 0.206 e. The molecule has 0 saturated heterocycles. The molecule has 0 radical (unpaired) electrons. The molecular formula is C14H9F2N. The topological polar surface area (TPSA) is 23.8 Å². The van der Waals surface area contributed by atoms with Crippen molar-refractivity contribution in [3.63, 3.8) is 0 Å². The minimum atomic E-state index is -0.535. The van der Waals surface area contributed by atoms with Gasteiger partial charge in [0.05, 0.1) is 11.6 Å². The molecule has 0 heterocycles. The van der Waals surface area contributed by atoms with Crippen LogP contribution in [0.25, 0.3) is 11.1 Å². The summed E-state index contributed by atoms with van der Waals surface area (Å²) in [7, 11) is 0. The molecule has 0 bridgehead atoms. The highest BCUT2D eigenvalue weighted by Gasteiger charge is 2.10. The van der Waals surface area contributed by atoms with Crippen LogP contribution >= 0.6 is 0 Å². The Morgan fingerprint density at radius 2 is 1.71 bits per heavy atom. The Morgan fingerprint density at radius 3 is 2.35 bits per heavy atom. The van der Waals surface area contributed by atoms with E-state index in [1.807, 2.05) is 6.07 Å². The van der Waals surface area contributed by atoms with E-state index in [-0.39, 0.29) is 11.1 Å². The molecule has 0 aromatic heterocycles. The molecule has 2 aromatic rings. The number of halogens is 2. The van der Waals surface area contributed by atoms with Crippen LogP contribution < -0.4 is 0 Å². The smallest absolute Gasteiger partial charge is 0.131 e. The summed E-state index contributed by atoms with van der Waals surface area (Å²) in [5.74, 6) is -1.02. The predicted molar refractivity (Wildman–Crippen MR) is 61.2 cm³/mol. The van der Waals surface area contributed by atoms with Gasteiger partial charge in [-0.05, 0) is 36.8 Å². The van der Waals surface area contributed by atoms with Gasteiger partial charge >= 0.3 is 0 Å². The Kier molecular flexibility index (Phi) is 2.88. The highest BCUT2D eigenvalue weighted by molar-refractivity contribution is 5.66. The number of benzene rings is 2. The van der Waals surface area contributed by atoms with Crippen LogP contribution in [0.4, 0.5) is 8.78 Å². The number of nitriles is 1. The van der Waals surface area contributed by atoms with Crippen molar-refractivity contribution in [2.75, 3.05) is 0 Å². The molecule has 2 rings (SSSR count). The second kappa shape index (κ2) is 4.34. The average molecular weight is 229 g/mol. The maximum Gasteiger partial charge on any atom is 0.131 e. The molecule has 17 heavy (non-hydrogen) atoms. The summed E-state index contributed by atoms with van der Waals surface area (Å²) >= 11 is 0. The van der Waals surface area contributed by atoms with Crippen LogP contribution in [-0.4, -0.2) is 0 Å². The lowest BCUT2D eigenvalue weighted by molar-refractivity contribution is 0.615. The van der Waals surface area contributed by atoms with Gasteiger partial charge in [0.1, 0.15) is 11.6 Å². The van der Waals surface area contributed by atoms with E-state index in [9.17, 15) is 8.78 Å². The minimum absolute atomic E-state index is 0.113. The summed E-state index contributed by atoms with van der Waals surface area (Å²) in [5, 5.41) is 8.75. The van der Waals surface area contributed by atoms with Crippen molar-refractivity contribution in [1.29, 1.82) is 5.26 Å². The van der Waals surface area contributed by atoms with Crippen molar-refractivity contribution in [1.82, 2.24) is 0 Å². The van der Waals surface area contributed by atoms with E-state index >= 15 is 0 Å². The summed E-state index contributed by atoms with van der Waals surface area (Å²) in [5.41, 5.74) is 1.36. The van der Waals surface area contributed by atoms with Crippen LogP contribution in [0.15, 0.2) is 36.4 Å².